The van der Waals surface area contributed by atoms with E-state index in [-0.39, 0.29) is 22.4 Å². The molecule has 7 nitrogen and oxygen atoms in total. The number of hydrogen-bond acceptors (Lipinski definition) is 5. The summed E-state index contributed by atoms with van der Waals surface area (Å²) in [6.45, 7) is 5.21. The number of rotatable bonds is 4. The van der Waals surface area contributed by atoms with Gasteiger partial charge in [-0.25, -0.2) is 4.68 Å². The first-order valence-corrected chi connectivity index (χ1v) is 8.12. The molecule has 3 aromatic rings. The third kappa shape index (κ3) is 3.12. The van der Waals surface area contributed by atoms with Crippen molar-refractivity contribution in [3.05, 3.63) is 61.4 Å². The number of hydrogen-bond donors (Lipinski definition) is 0. The molecule has 0 unspecified atom stereocenters. The molecule has 3 aromatic heterocycles. The van der Waals surface area contributed by atoms with Crippen LogP contribution in [0, 0.1) is 20.8 Å². The van der Waals surface area contributed by atoms with Crippen LogP contribution in [0.2, 0.25) is 10.0 Å². The molecule has 0 aromatic carbocycles. The van der Waals surface area contributed by atoms with E-state index in [4.69, 9.17) is 27.7 Å². The quantitative estimate of drug-likeness (QED) is 0.649. The van der Waals surface area contributed by atoms with Crippen LogP contribution >= 0.6 is 23.2 Å². The SMILES string of the molecule is Cc1cc(-n2c(C)cc(C(=O)Cn3ncc(Cl)c(Cl)c3=O)c2C)no1. The topological polar surface area (TPSA) is 82.9 Å². The molecule has 3 rings (SSSR count). The molecule has 0 amide bonds. The van der Waals surface area contributed by atoms with Gasteiger partial charge in [-0.05, 0) is 26.8 Å². The van der Waals surface area contributed by atoms with Gasteiger partial charge in [0.05, 0.1) is 11.2 Å². The number of carbonyl (C=O) groups excluding carboxylic acids is 1. The molecule has 0 aliphatic carbocycles. The van der Waals surface area contributed by atoms with E-state index in [0.717, 1.165) is 10.4 Å². The van der Waals surface area contributed by atoms with E-state index in [2.05, 4.69) is 10.3 Å². The summed E-state index contributed by atoms with van der Waals surface area (Å²) >= 11 is 11.6. The Morgan fingerprint density at radius 3 is 2.60 bits per heavy atom. The van der Waals surface area contributed by atoms with E-state index < -0.39 is 5.56 Å². The van der Waals surface area contributed by atoms with E-state index in [0.29, 0.717) is 22.8 Å². The first-order chi connectivity index (χ1) is 11.8. The van der Waals surface area contributed by atoms with Crippen LogP contribution in [0.5, 0.6) is 0 Å². The standard InChI is InChI=1S/C16H14Cl2N4O3/c1-8-4-11(10(3)22(8)14-5-9(2)25-20-14)13(23)7-21-16(24)15(18)12(17)6-19-21/h4-6H,7H2,1-3H3. The van der Waals surface area contributed by atoms with E-state index in [1.807, 2.05) is 11.5 Å². The third-order valence-electron chi connectivity index (χ3n) is 3.81. The summed E-state index contributed by atoms with van der Waals surface area (Å²) in [7, 11) is 0. The fourth-order valence-corrected chi connectivity index (χ4v) is 2.91. The lowest BCUT2D eigenvalue weighted by atomic mass is 10.1. The van der Waals surface area contributed by atoms with Gasteiger partial charge in [-0.1, -0.05) is 28.4 Å². The van der Waals surface area contributed by atoms with Crippen LogP contribution in [0.1, 0.15) is 27.5 Å². The van der Waals surface area contributed by atoms with Gasteiger partial charge in [0, 0.05) is 23.0 Å². The molecule has 0 aliphatic rings. The monoisotopic (exact) mass is 380 g/mol. The second-order valence-corrected chi connectivity index (χ2v) is 6.39. The lowest BCUT2D eigenvalue weighted by molar-refractivity contribution is 0.0965. The second kappa shape index (κ2) is 6.50. The van der Waals surface area contributed by atoms with Crippen LogP contribution in [0.25, 0.3) is 5.82 Å². The molecule has 0 radical (unpaired) electrons. The van der Waals surface area contributed by atoms with Gasteiger partial charge in [0.2, 0.25) is 0 Å². The minimum Gasteiger partial charge on any atom is -0.360 e. The molecular weight excluding hydrogens is 367 g/mol. The summed E-state index contributed by atoms with van der Waals surface area (Å²) in [5, 5.41) is 7.73. The number of carbonyl (C=O) groups is 1. The van der Waals surface area contributed by atoms with Gasteiger partial charge >= 0.3 is 0 Å². The van der Waals surface area contributed by atoms with Crippen molar-refractivity contribution in [2.75, 3.05) is 0 Å². The van der Waals surface area contributed by atoms with E-state index in [1.54, 1.807) is 26.0 Å². The van der Waals surface area contributed by atoms with Crippen molar-refractivity contribution in [2.45, 2.75) is 27.3 Å². The summed E-state index contributed by atoms with van der Waals surface area (Å²) in [5.41, 5.74) is 1.38. The number of halogens is 2. The van der Waals surface area contributed by atoms with E-state index in [9.17, 15) is 9.59 Å². The normalized spacial score (nSPS) is 11.1. The van der Waals surface area contributed by atoms with Gasteiger partial charge in [0.25, 0.3) is 5.56 Å². The average molecular weight is 381 g/mol. The van der Waals surface area contributed by atoms with Gasteiger partial charge in [0.1, 0.15) is 17.3 Å². The molecule has 0 N–H and O–H groups in total. The Morgan fingerprint density at radius 2 is 1.96 bits per heavy atom. The maximum absolute atomic E-state index is 12.7. The number of Topliss-reactive ketones (excluding diaryl/α,β-unsaturated/α-hetero) is 1. The Labute approximate surface area is 152 Å². The first kappa shape index (κ1) is 17.4. The average Bonchev–Trinajstić information content (AvgIpc) is 3.11. The Bertz CT molecular complexity index is 1030. The lowest BCUT2D eigenvalue weighted by Gasteiger charge is -2.06. The molecule has 0 saturated heterocycles. The minimum absolute atomic E-state index is 0.0509. The van der Waals surface area contributed by atoms with Crippen molar-refractivity contribution in [1.82, 2.24) is 19.5 Å². The highest BCUT2D eigenvalue weighted by Gasteiger charge is 2.20. The summed E-state index contributed by atoms with van der Waals surface area (Å²) in [6.07, 6.45) is 1.24. The highest BCUT2D eigenvalue weighted by Crippen LogP contribution is 2.21. The summed E-state index contributed by atoms with van der Waals surface area (Å²) < 4.78 is 7.90. The molecule has 9 heteroatoms. The number of nitrogens with zero attached hydrogens (tertiary/aromatic N) is 4. The van der Waals surface area contributed by atoms with Crippen LogP contribution < -0.4 is 5.56 Å². The maximum atomic E-state index is 12.7. The van der Waals surface area contributed by atoms with Crippen LogP contribution in [-0.4, -0.2) is 25.3 Å². The molecule has 0 fully saturated rings. The molecule has 0 saturated carbocycles. The molecule has 0 bridgehead atoms. The number of aryl methyl sites for hydroxylation is 2. The molecule has 0 spiro atoms. The Morgan fingerprint density at radius 1 is 1.24 bits per heavy atom. The largest absolute Gasteiger partial charge is 0.360 e. The van der Waals surface area contributed by atoms with Gasteiger partial charge < -0.3 is 4.52 Å². The highest BCUT2D eigenvalue weighted by molar-refractivity contribution is 6.41. The first-order valence-electron chi connectivity index (χ1n) is 7.36. The van der Waals surface area contributed by atoms with Crippen LogP contribution in [0.4, 0.5) is 0 Å². The zero-order valence-electron chi connectivity index (χ0n) is 13.7. The number of ketones is 1. The summed E-state index contributed by atoms with van der Waals surface area (Å²) in [5.74, 6) is 0.992. The number of aromatic nitrogens is 4. The molecule has 0 aliphatic heterocycles. The molecule has 130 valence electrons. The van der Waals surface area contributed by atoms with Gasteiger partial charge in [-0.2, -0.15) is 5.10 Å². The zero-order chi connectivity index (χ0) is 18.3. The van der Waals surface area contributed by atoms with Crippen molar-refractivity contribution >= 4 is 29.0 Å². The molecule has 0 atom stereocenters. The fraction of sp³-hybridized carbons (Fsp3) is 0.250. The molecule has 3 heterocycles. The minimum atomic E-state index is -0.608. The van der Waals surface area contributed by atoms with Crippen LogP contribution in [0.3, 0.4) is 0 Å². The molecular formula is C16H14Cl2N4O3. The third-order valence-corrected chi connectivity index (χ3v) is 4.56. The predicted molar refractivity (Wildman–Crippen MR) is 92.9 cm³/mol. The summed E-state index contributed by atoms with van der Waals surface area (Å²) in [6, 6.07) is 3.52. The van der Waals surface area contributed by atoms with Crippen LogP contribution in [-0.2, 0) is 6.54 Å². The summed E-state index contributed by atoms with van der Waals surface area (Å²) in [4.78, 5) is 24.7. The van der Waals surface area contributed by atoms with Crippen molar-refractivity contribution in [3.8, 4) is 5.82 Å². The Balaban J connectivity index is 1.97. The van der Waals surface area contributed by atoms with Crippen molar-refractivity contribution in [2.24, 2.45) is 0 Å². The van der Waals surface area contributed by atoms with Crippen molar-refractivity contribution in [3.63, 3.8) is 0 Å². The van der Waals surface area contributed by atoms with Crippen molar-refractivity contribution < 1.29 is 9.32 Å². The van der Waals surface area contributed by atoms with Crippen LogP contribution in [0.15, 0.2) is 27.6 Å². The van der Waals surface area contributed by atoms with Gasteiger partial charge in [0.15, 0.2) is 11.6 Å². The molecule has 25 heavy (non-hydrogen) atoms. The Kier molecular flexibility index (Phi) is 4.53. The second-order valence-electron chi connectivity index (χ2n) is 5.61. The van der Waals surface area contributed by atoms with Gasteiger partial charge in [-0.15, -0.1) is 0 Å². The smallest absolute Gasteiger partial charge is 0.287 e. The highest BCUT2D eigenvalue weighted by atomic mass is 35.5. The fourth-order valence-electron chi connectivity index (χ4n) is 2.64. The predicted octanol–water partition coefficient (Wildman–Crippen LogP) is 3.14. The Hall–Kier alpha value is -2.38. The van der Waals surface area contributed by atoms with E-state index >= 15 is 0 Å². The lowest BCUT2D eigenvalue weighted by Crippen LogP contribution is -2.27. The van der Waals surface area contributed by atoms with Gasteiger partial charge in [-0.3, -0.25) is 14.2 Å². The maximum Gasteiger partial charge on any atom is 0.287 e. The zero-order valence-corrected chi connectivity index (χ0v) is 15.2. The van der Waals surface area contributed by atoms with Crippen molar-refractivity contribution in [1.29, 1.82) is 0 Å². The van der Waals surface area contributed by atoms with E-state index in [1.165, 1.54) is 6.20 Å².